The molecule has 88 valence electrons. The number of pyridine rings is 1. The van der Waals surface area contributed by atoms with Crippen molar-refractivity contribution in [2.75, 3.05) is 11.1 Å². The van der Waals surface area contributed by atoms with E-state index in [0.29, 0.717) is 11.9 Å². The van der Waals surface area contributed by atoms with Crippen LogP contribution in [0.1, 0.15) is 44.9 Å². The third-order valence-corrected chi connectivity index (χ3v) is 3.26. The molecule has 1 aromatic heterocycles. The normalized spacial score (nSPS) is 18.8. The van der Waals surface area contributed by atoms with Gasteiger partial charge < -0.3 is 11.1 Å². The van der Waals surface area contributed by atoms with E-state index >= 15 is 0 Å². The lowest BCUT2D eigenvalue weighted by atomic mass is 9.96. The summed E-state index contributed by atoms with van der Waals surface area (Å²) in [4.78, 5) is 4.10. The van der Waals surface area contributed by atoms with Crippen LogP contribution in [0.4, 0.5) is 11.5 Å². The van der Waals surface area contributed by atoms with Gasteiger partial charge >= 0.3 is 0 Å². The Kier molecular flexibility index (Phi) is 4.03. The van der Waals surface area contributed by atoms with E-state index in [1.54, 1.807) is 0 Å². The van der Waals surface area contributed by atoms with Crippen LogP contribution in [0.3, 0.4) is 0 Å². The highest BCUT2D eigenvalue weighted by molar-refractivity contribution is 5.45. The van der Waals surface area contributed by atoms with Crippen molar-refractivity contribution in [2.45, 2.75) is 51.0 Å². The zero-order chi connectivity index (χ0) is 11.2. The second-order valence-electron chi connectivity index (χ2n) is 4.66. The summed E-state index contributed by atoms with van der Waals surface area (Å²) in [6.07, 6.45) is 11.3. The van der Waals surface area contributed by atoms with E-state index in [0.717, 1.165) is 5.69 Å². The van der Waals surface area contributed by atoms with Crippen LogP contribution in [0.25, 0.3) is 0 Å². The number of hydrogen-bond donors (Lipinski definition) is 2. The molecule has 0 aromatic carbocycles. The predicted octanol–water partition coefficient (Wildman–Crippen LogP) is 3.19. The maximum atomic E-state index is 5.57. The average Bonchev–Trinajstić information content (AvgIpc) is 2.25. The van der Waals surface area contributed by atoms with Gasteiger partial charge in [-0.2, -0.15) is 0 Å². The van der Waals surface area contributed by atoms with Gasteiger partial charge in [0.15, 0.2) is 0 Å². The minimum atomic E-state index is 0.586. The fourth-order valence-electron chi connectivity index (χ4n) is 2.33. The van der Waals surface area contributed by atoms with Crippen molar-refractivity contribution in [2.24, 2.45) is 0 Å². The van der Waals surface area contributed by atoms with Gasteiger partial charge in [-0.3, -0.25) is 0 Å². The van der Waals surface area contributed by atoms with Crippen molar-refractivity contribution in [1.82, 2.24) is 4.98 Å². The molecular weight excluding hydrogens is 198 g/mol. The zero-order valence-electron chi connectivity index (χ0n) is 9.78. The molecule has 1 aliphatic carbocycles. The predicted molar refractivity (Wildman–Crippen MR) is 68.4 cm³/mol. The highest BCUT2D eigenvalue weighted by Gasteiger charge is 2.10. The number of nitrogens with zero attached hydrogens (tertiary/aromatic N) is 1. The Morgan fingerprint density at radius 3 is 2.38 bits per heavy atom. The lowest BCUT2D eigenvalue weighted by Gasteiger charge is -2.21. The van der Waals surface area contributed by atoms with Gasteiger partial charge in [-0.05, 0) is 25.0 Å². The lowest BCUT2D eigenvalue weighted by Crippen LogP contribution is -2.20. The molecule has 3 heteroatoms. The van der Waals surface area contributed by atoms with Gasteiger partial charge in [-0.25, -0.2) is 4.98 Å². The standard InChI is InChI=1S/C13H21N3/c14-13-9-8-12(10-15-13)16-11-6-4-2-1-3-5-7-11/h8-11,16H,1-7H2,(H2,14,15). The van der Waals surface area contributed by atoms with Crippen LogP contribution in [0, 0.1) is 0 Å². The van der Waals surface area contributed by atoms with E-state index in [1.165, 1.54) is 44.9 Å². The Balaban J connectivity index is 1.89. The number of aromatic nitrogens is 1. The van der Waals surface area contributed by atoms with Crippen LogP contribution in [-0.2, 0) is 0 Å². The van der Waals surface area contributed by atoms with E-state index in [9.17, 15) is 0 Å². The molecule has 1 aromatic rings. The minimum Gasteiger partial charge on any atom is -0.384 e. The first-order chi connectivity index (χ1) is 7.84. The van der Waals surface area contributed by atoms with Gasteiger partial charge in [0.25, 0.3) is 0 Å². The van der Waals surface area contributed by atoms with Crippen molar-refractivity contribution in [3.05, 3.63) is 18.3 Å². The number of nitrogen functional groups attached to an aromatic ring is 1. The van der Waals surface area contributed by atoms with E-state index in [-0.39, 0.29) is 0 Å². The maximum Gasteiger partial charge on any atom is 0.123 e. The van der Waals surface area contributed by atoms with Gasteiger partial charge in [0.1, 0.15) is 5.82 Å². The Morgan fingerprint density at radius 1 is 1.06 bits per heavy atom. The van der Waals surface area contributed by atoms with E-state index in [2.05, 4.69) is 10.3 Å². The van der Waals surface area contributed by atoms with E-state index in [1.807, 2.05) is 18.3 Å². The van der Waals surface area contributed by atoms with Gasteiger partial charge in [0, 0.05) is 6.04 Å². The molecule has 16 heavy (non-hydrogen) atoms. The van der Waals surface area contributed by atoms with Crippen LogP contribution in [0.2, 0.25) is 0 Å². The number of hydrogen-bond acceptors (Lipinski definition) is 3. The SMILES string of the molecule is Nc1ccc(NC2CCCCCCC2)cn1. The molecule has 0 unspecified atom stereocenters. The first-order valence-corrected chi connectivity index (χ1v) is 6.33. The molecule has 0 radical (unpaired) electrons. The van der Waals surface area contributed by atoms with Gasteiger partial charge in [0.2, 0.25) is 0 Å². The highest BCUT2D eigenvalue weighted by Crippen LogP contribution is 2.20. The van der Waals surface area contributed by atoms with Crippen molar-refractivity contribution in [3.63, 3.8) is 0 Å². The van der Waals surface area contributed by atoms with E-state index in [4.69, 9.17) is 5.73 Å². The molecular formula is C13H21N3. The van der Waals surface area contributed by atoms with Gasteiger partial charge in [0.05, 0.1) is 11.9 Å². The molecule has 3 N–H and O–H groups in total. The smallest absolute Gasteiger partial charge is 0.123 e. The summed E-state index contributed by atoms with van der Waals surface area (Å²) >= 11 is 0. The number of nitrogens with two attached hydrogens (primary N) is 1. The van der Waals surface area contributed by atoms with Crippen LogP contribution in [-0.4, -0.2) is 11.0 Å². The molecule has 1 fully saturated rings. The summed E-state index contributed by atoms with van der Waals surface area (Å²) in [5.41, 5.74) is 6.66. The van der Waals surface area contributed by atoms with Crippen LogP contribution in [0.5, 0.6) is 0 Å². The Morgan fingerprint density at radius 2 is 1.75 bits per heavy atom. The first kappa shape index (κ1) is 11.2. The van der Waals surface area contributed by atoms with E-state index < -0.39 is 0 Å². The Hall–Kier alpha value is -1.25. The summed E-state index contributed by atoms with van der Waals surface area (Å²) in [5, 5.41) is 3.56. The number of rotatable bonds is 2. The van der Waals surface area contributed by atoms with Crippen molar-refractivity contribution in [3.8, 4) is 0 Å². The fourth-order valence-corrected chi connectivity index (χ4v) is 2.33. The molecule has 0 spiro atoms. The topological polar surface area (TPSA) is 50.9 Å². The average molecular weight is 219 g/mol. The maximum absolute atomic E-state index is 5.57. The fraction of sp³-hybridized carbons (Fsp3) is 0.615. The Labute approximate surface area is 97.5 Å². The third-order valence-electron chi connectivity index (χ3n) is 3.26. The molecule has 0 aliphatic heterocycles. The summed E-state index contributed by atoms with van der Waals surface area (Å²) < 4.78 is 0. The van der Waals surface area contributed by atoms with Crippen LogP contribution < -0.4 is 11.1 Å². The molecule has 1 heterocycles. The minimum absolute atomic E-state index is 0.586. The van der Waals surface area contributed by atoms with Crippen LogP contribution >= 0.6 is 0 Å². The Bertz CT molecular complexity index is 299. The van der Waals surface area contributed by atoms with Crippen LogP contribution in [0.15, 0.2) is 18.3 Å². The van der Waals surface area contributed by atoms with Gasteiger partial charge in [-0.1, -0.05) is 32.1 Å². The number of nitrogens with one attached hydrogen (secondary N) is 1. The molecule has 1 aliphatic rings. The van der Waals surface area contributed by atoms with Gasteiger partial charge in [-0.15, -0.1) is 0 Å². The lowest BCUT2D eigenvalue weighted by molar-refractivity contribution is 0.471. The molecule has 0 atom stereocenters. The summed E-state index contributed by atoms with van der Waals surface area (Å²) in [5.74, 6) is 0.586. The van der Waals surface area contributed by atoms with Crippen molar-refractivity contribution >= 4 is 11.5 Å². The third kappa shape index (κ3) is 3.40. The summed E-state index contributed by atoms with van der Waals surface area (Å²) in [6, 6.07) is 4.48. The zero-order valence-corrected chi connectivity index (χ0v) is 9.78. The quantitative estimate of drug-likeness (QED) is 0.803. The molecule has 0 amide bonds. The van der Waals surface area contributed by atoms with Crippen molar-refractivity contribution in [1.29, 1.82) is 0 Å². The molecule has 2 rings (SSSR count). The molecule has 0 saturated heterocycles. The summed E-state index contributed by atoms with van der Waals surface area (Å²) in [7, 11) is 0. The van der Waals surface area contributed by atoms with Crippen molar-refractivity contribution < 1.29 is 0 Å². The second kappa shape index (κ2) is 5.73. The first-order valence-electron chi connectivity index (χ1n) is 6.33. The summed E-state index contributed by atoms with van der Waals surface area (Å²) in [6.45, 7) is 0. The monoisotopic (exact) mass is 219 g/mol. The largest absolute Gasteiger partial charge is 0.384 e. The number of anilines is 2. The second-order valence-corrected chi connectivity index (χ2v) is 4.66. The molecule has 3 nitrogen and oxygen atoms in total. The molecule has 1 saturated carbocycles. The highest BCUT2D eigenvalue weighted by atomic mass is 14.9. The molecule has 0 bridgehead atoms.